The number of carbonyl (C=O) groups excluding carboxylic acids is 1. The number of ketones is 1. The van der Waals surface area contributed by atoms with E-state index in [1.165, 1.54) is 21.5 Å². The van der Waals surface area contributed by atoms with Crippen LogP contribution in [0.25, 0.3) is 32.3 Å². The summed E-state index contributed by atoms with van der Waals surface area (Å²) >= 11 is 0. The SMILES string of the molecule is O=C(c1ccccc1)c1cc2ccc3cccc4ccc(c1)c2c34. The van der Waals surface area contributed by atoms with E-state index in [-0.39, 0.29) is 5.78 Å². The highest BCUT2D eigenvalue weighted by molar-refractivity contribution is 6.24. The van der Waals surface area contributed by atoms with Crippen molar-refractivity contribution in [1.29, 1.82) is 0 Å². The first-order valence-corrected chi connectivity index (χ1v) is 8.08. The van der Waals surface area contributed by atoms with E-state index in [0.29, 0.717) is 0 Å². The van der Waals surface area contributed by atoms with Crippen LogP contribution in [-0.4, -0.2) is 5.78 Å². The Balaban J connectivity index is 1.82. The zero-order valence-electron chi connectivity index (χ0n) is 13.0. The van der Waals surface area contributed by atoms with Gasteiger partial charge in [0.15, 0.2) is 5.78 Å². The predicted octanol–water partition coefficient (Wildman–Crippen LogP) is 5.82. The minimum Gasteiger partial charge on any atom is -0.289 e. The molecular weight excluding hydrogens is 292 g/mol. The van der Waals surface area contributed by atoms with E-state index in [2.05, 4.69) is 42.5 Å². The first-order chi connectivity index (χ1) is 11.8. The number of rotatable bonds is 2. The third-order valence-corrected chi connectivity index (χ3v) is 4.76. The van der Waals surface area contributed by atoms with Gasteiger partial charge in [0, 0.05) is 11.1 Å². The Hall–Kier alpha value is -3.19. The van der Waals surface area contributed by atoms with Crippen molar-refractivity contribution in [2.45, 2.75) is 0 Å². The molecule has 0 aromatic heterocycles. The summed E-state index contributed by atoms with van der Waals surface area (Å²) in [7, 11) is 0. The van der Waals surface area contributed by atoms with Gasteiger partial charge in [-0.15, -0.1) is 0 Å². The fraction of sp³-hybridized carbons (Fsp3) is 0. The third-order valence-electron chi connectivity index (χ3n) is 4.76. The lowest BCUT2D eigenvalue weighted by molar-refractivity contribution is 0.103. The fourth-order valence-corrected chi connectivity index (χ4v) is 3.64. The van der Waals surface area contributed by atoms with Crippen LogP contribution in [0.1, 0.15) is 15.9 Å². The lowest BCUT2D eigenvalue weighted by Crippen LogP contribution is -2.01. The maximum absolute atomic E-state index is 12.8. The molecular formula is C23H14O. The van der Waals surface area contributed by atoms with Crippen molar-refractivity contribution in [3.8, 4) is 0 Å². The maximum Gasteiger partial charge on any atom is 0.193 e. The molecule has 0 unspecified atom stereocenters. The van der Waals surface area contributed by atoms with Crippen LogP contribution >= 0.6 is 0 Å². The molecule has 1 heteroatoms. The van der Waals surface area contributed by atoms with Crippen molar-refractivity contribution in [1.82, 2.24) is 0 Å². The molecule has 0 N–H and O–H groups in total. The summed E-state index contributed by atoms with van der Waals surface area (Å²) in [4.78, 5) is 12.8. The van der Waals surface area contributed by atoms with E-state index in [9.17, 15) is 4.79 Å². The molecule has 0 saturated carbocycles. The number of hydrogen-bond acceptors (Lipinski definition) is 1. The Morgan fingerprint density at radius 3 is 1.67 bits per heavy atom. The summed E-state index contributed by atoms with van der Waals surface area (Å²) in [5.41, 5.74) is 1.47. The van der Waals surface area contributed by atoms with Crippen LogP contribution in [0.15, 0.2) is 84.9 Å². The average molecular weight is 306 g/mol. The second-order valence-corrected chi connectivity index (χ2v) is 6.20. The standard InChI is InChI=1S/C23H14O/c24-23(17-5-2-1-3-6-17)20-13-18-11-9-15-7-4-8-16-10-12-19(14-20)22(18)21(15)16/h1-14H. The molecule has 0 aliphatic rings. The highest BCUT2D eigenvalue weighted by atomic mass is 16.1. The van der Waals surface area contributed by atoms with Crippen LogP contribution in [0.3, 0.4) is 0 Å². The van der Waals surface area contributed by atoms with Crippen LogP contribution in [0.5, 0.6) is 0 Å². The monoisotopic (exact) mass is 306 g/mol. The molecule has 0 atom stereocenters. The summed E-state index contributed by atoms with van der Waals surface area (Å²) in [6.45, 7) is 0. The molecule has 0 aliphatic heterocycles. The largest absolute Gasteiger partial charge is 0.289 e. The predicted molar refractivity (Wildman–Crippen MR) is 100 cm³/mol. The van der Waals surface area contributed by atoms with Gasteiger partial charge in [0.2, 0.25) is 0 Å². The molecule has 0 spiro atoms. The molecule has 0 fully saturated rings. The third kappa shape index (κ3) is 1.85. The van der Waals surface area contributed by atoms with Gasteiger partial charge >= 0.3 is 0 Å². The number of carbonyl (C=O) groups is 1. The zero-order valence-corrected chi connectivity index (χ0v) is 13.0. The van der Waals surface area contributed by atoms with Crippen molar-refractivity contribution in [2.75, 3.05) is 0 Å². The van der Waals surface area contributed by atoms with E-state index in [1.807, 2.05) is 42.5 Å². The second kappa shape index (κ2) is 4.90. The number of hydrogen-bond donors (Lipinski definition) is 0. The topological polar surface area (TPSA) is 17.1 Å². The summed E-state index contributed by atoms with van der Waals surface area (Å²) in [5.74, 6) is 0.0705. The van der Waals surface area contributed by atoms with Crippen molar-refractivity contribution < 1.29 is 4.79 Å². The van der Waals surface area contributed by atoms with E-state index >= 15 is 0 Å². The Labute approximate surface area is 139 Å². The van der Waals surface area contributed by atoms with Gasteiger partial charge in [-0.05, 0) is 44.5 Å². The minimum atomic E-state index is 0.0705. The summed E-state index contributed by atoms with van der Waals surface area (Å²) in [6, 6.07) is 28.4. The normalized spacial score (nSPS) is 11.5. The van der Waals surface area contributed by atoms with Crippen molar-refractivity contribution in [3.63, 3.8) is 0 Å². The molecule has 5 rings (SSSR count). The fourth-order valence-electron chi connectivity index (χ4n) is 3.64. The Morgan fingerprint density at radius 1 is 0.500 bits per heavy atom. The molecule has 24 heavy (non-hydrogen) atoms. The van der Waals surface area contributed by atoms with Gasteiger partial charge in [-0.1, -0.05) is 72.8 Å². The average Bonchev–Trinajstić information content (AvgIpc) is 2.66. The molecule has 0 heterocycles. The molecule has 0 radical (unpaired) electrons. The van der Waals surface area contributed by atoms with Gasteiger partial charge in [0.25, 0.3) is 0 Å². The first-order valence-electron chi connectivity index (χ1n) is 8.08. The molecule has 0 amide bonds. The molecule has 0 saturated heterocycles. The van der Waals surface area contributed by atoms with Gasteiger partial charge < -0.3 is 0 Å². The zero-order chi connectivity index (χ0) is 16.1. The maximum atomic E-state index is 12.8. The highest BCUT2D eigenvalue weighted by Crippen LogP contribution is 2.35. The van der Waals surface area contributed by atoms with Crippen molar-refractivity contribution in [2.24, 2.45) is 0 Å². The minimum absolute atomic E-state index is 0.0705. The first kappa shape index (κ1) is 13.3. The van der Waals surface area contributed by atoms with Crippen molar-refractivity contribution in [3.05, 3.63) is 96.1 Å². The van der Waals surface area contributed by atoms with Gasteiger partial charge in [-0.2, -0.15) is 0 Å². The van der Waals surface area contributed by atoms with E-state index in [0.717, 1.165) is 21.9 Å². The Kier molecular flexibility index (Phi) is 2.71. The van der Waals surface area contributed by atoms with Gasteiger partial charge in [-0.3, -0.25) is 4.79 Å². The van der Waals surface area contributed by atoms with Crippen LogP contribution in [0, 0.1) is 0 Å². The van der Waals surface area contributed by atoms with Gasteiger partial charge in [0.05, 0.1) is 0 Å². The summed E-state index contributed by atoms with van der Waals surface area (Å²) in [6.07, 6.45) is 0. The lowest BCUT2D eigenvalue weighted by Gasteiger charge is -2.12. The molecule has 5 aromatic rings. The van der Waals surface area contributed by atoms with Crippen molar-refractivity contribution >= 4 is 38.1 Å². The van der Waals surface area contributed by atoms with Crippen LogP contribution in [0.4, 0.5) is 0 Å². The van der Waals surface area contributed by atoms with E-state index in [4.69, 9.17) is 0 Å². The van der Waals surface area contributed by atoms with Gasteiger partial charge in [0.1, 0.15) is 0 Å². The lowest BCUT2D eigenvalue weighted by atomic mass is 9.91. The van der Waals surface area contributed by atoms with E-state index in [1.54, 1.807) is 0 Å². The Morgan fingerprint density at radius 2 is 1.04 bits per heavy atom. The smallest absolute Gasteiger partial charge is 0.193 e. The Bertz CT molecular complexity index is 1140. The molecule has 0 bridgehead atoms. The molecule has 1 nitrogen and oxygen atoms in total. The summed E-state index contributed by atoms with van der Waals surface area (Å²) in [5, 5.41) is 7.26. The summed E-state index contributed by atoms with van der Waals surface area (Å²) < 4.78 is 0. The molecule has 112 valence electrons. The molecule has 0 aliphatic carbocycles. The second-order valence-electron chi connectivity index (χ2n) is 6.20. The van der Waals surface area contributed by atoms with Crippen LogP contribution in [-0.2, 0) is 0 Å². The quantitative estimate of drug-likeness (QED) is 0.297. The highest BCUT2D eigenvalue weighted by Gasteiger charge is 2.13. The van der Waals surface area contributed by atoms with Crippen LogP contribution < -0.4 is 0 Å². The van der Waals surface area contributed by atoms with Crippen LogP contribution in [0.2, 0.25) is 0 Å². The number of benzene rings is 5. The van der Waals surface area contributed by atoms with Gasteiger partial charge in [-0.25, -0.2) is 0 Å². The molecule has 5 aromatic carbocycles. The van der Waals surface area contributed by atoms with E-state index < -0.39 is 0 Å².